The van der Waals surface area contributed by atoms with Crippen molar-refractivity contribution in [3.8, 4) is 5.75 Å². The van der Waals surface area contributed by atoms with E-state index in [0.29, 0.717) is 6.07 Å². The van der Waals surface area contributed by atoms with Crippen molar-refractivity contribution in [3.05, 3.63) is 65.2 Å². The molecule has 0 aromatic heterocycles. The van der Waals surface area contributed by atoms with Gasteiger partial charge in [-0.2, -0.15) is 13.2 Å². The summed E-state index contributed by atoms with van der Waals surface area (Å²) in [4.78, 5) is 11.6. The first-order chi connectivity index (χ1) is 12.2. The van der Waals surface area contributed by atoms with E-state index in [9.17, 15) is 31.9 Å². The molecule has 2 aromatic rings. The van der Waals surface area contributed by atoms with Gasteiger partial charge in [-0.25, -0.2) is 8.78 Å². The number of aliphatic hydroxyl groups excluding tert-OH is 1. The van der Waals surface area contributed by atoms with Crippen LogP contribution in [-0.4, -0.2) is 24.2 Å². The number of amides is 1. The third-order valence-electron chi connectivity index (χ3n) is 3.37. The third kappa shape index (κ3) is 5.16. The highest BCUT2D eigenvalue weighted by atomic mass is 19.4. The van der Waals surface area contributed by atoms with Crippen LogP contribution in [0.1, 0.15) is 17.2 Å². The summed E-state index contributed by atoms with van der Waals surface area (Å²) in [6.45, 7) is -1.16. The summed E-state index contributed by atoms with van der Waals surface area (Å²) in [7, 11) is 0. The van der Waals surface area contributed by atoms with E-state index in [1.807, 2.05) is 0 Å². The van der Waals surface area contributed by atoms with Crippen molar-refractivity contribution < 1.29 is 36.6 Å². The Bertz CT molecular complexity index is 779. The molecule has 1 atom stereocenters. The van der Waals surface area contributed by atoms with Crippen LogP contribution in [-0.2, 0) is 11.0 Å². The number of halogens is 5. The molecule has 1 unspecified atom stereocenters. The predicted molar refractivity (Wildman–Crippen MR) is 81.3 cm³/mol. The number of hydrogen-bond acceptors (Lipinski definition) is 3. The van der Waals surface area contributed by atoms with Crippen LogP contribution < -0.4 is 10.1 Å². The van der Waals surface area contributed by atoms with Gasteiger partial charge in [0.05, 0.1) is 11.7 Å². The van der Waals surface area contributed by atoms with Crippen LogP contribution >= 0.6 is 0 Å². The molecule has 0 saturated heterocycles. The molecular weight excluding hydrogens is 361 g/mol. The fourth-order valence-corrected chi connectivity index (χ4v) is 2.15. The van der Waals surface area contributed by atoms with Crippen LogP contribution in [0.5, 0.6) is 5.75 Å². The van der Waals surface area contributed by atoms with Crippen LogP contribution in [0.2, 0.25) is 0 Å². The van der Waals surface area contributed by atoms with E-state index >= 15 is 0 Å². The Balaban J connectivity index is 1.91. The molecule has 2 rings (SSSR count). The van der Waals surface area contributed by atoms with E-state index < -0.39 is 48.5 Å². The number of alkyl halides is 3. The quantitative estimate of drug-likeness (QED) is 0.763. The lowest BCUT2D eigenvalue weighted by atomic mass is 10.0. The van der Waals surface area contributed by atoms with Crippen LogP contribution in [0, 0.1) is 11.6 Å². The second-order valence-corrected chi connectivity index (χ2v) is 5.27. The third-order valence-corrected chi connectivity index (χ3v) is 3.37. The Kier molecular flexibility index (Phi) is 6.14. The van der Waals surface area contributed by atoms with Gasteiger partial charge < -0.3 is 15.2 Å². The van der Waals surface area contributed by atoms with E-state index in [2.05, 4.69) is 5.32 Å². The van der Waals surface area contributed by atoms with Crippen molar-refractivity contribution >= 4 is 5.91 Å². The van der Waals surface area contributed by atoms with Gasteiger partial charge in [0.15, 0.2) is 18.2 Å². The van der Waals surface area contributed by atoms with Crippen molar-refractivity contribution in [2.75, 3.05) is 13.2 Å². The van der Waals surface area contributed by atoms with Crippen LogP contribution in [0.3, 0.4) is 0 Å². The van der Waals surface area contributed by atoms with Gasteiger partial charge in [-0.15, -0.1) is 0 Å². The van der Waals surface area contributed by atoms with Gasteiger partial charge in [0, 0.05) is 12.6 Å². The Morgan fingerprint density at radius 2 is 1.85 bits per heavy atom. The Labute approximate surface area is 145 Å². The van der Waals surface area contributed by atoms with Crippen molar-refractivity contribution in [2.45, 2.75) is 12.3 Å². The van der Waals surface area contributed by atoms with Gasteiger partial charge >= 0.3 is 6.18 Å². The fraction of sp³-hybridized carbons (Fsp3) is 0.235. The molecule has 0 aliphatic carbocycles. The van der Waals surface area contributed by atoms with Crippen molar-refractivity contribution in [3.63, 3.8) is 0 Å². The lowest BCUT2D eigenvalue weighted by Gasteiger charge is -2.18. The first-order valence-corrected chi connectivity index (χ1v) is 7.37. The molecule has 0 bridgehead atoms. The van der Waals surface area contributed by atoms with E-state index in [0.717, 1.165) is 24.3 Å². The maximum atomic E-state index is 13.3. The highest BCUT2D eigenvalue weighted by Gasteiger charge is 2.34. The molecule has 4 nitrogen and oxygen atoms in total. The molecule has 0 heterocycles. The van der Waals surface area contributed by atoms with Gasteiger partial charge in [-0.3, -0.25) is 4.79 Å². The van der Waals surface area contributed by atoms with Crippen LogP contribution in [0.4, 0.5) is 22.0 Å². The number of carbonyl (C=O) groups excluding carboxylic acids is 1. The molecule has 0 aliphatic heterocycles. The lowest BCUT2D eigenvalue weighted by Crippen LogP contribution is -2.33. The molecule has 2 aromatic carbocycles. The smallest absolute Gasteiger partial charge is 0.416 e. The number of hydrogen-bond donors (Lipinski definition) is 2. The summed E-state index contributed by atoms with van der Waals surface area (Å²) in [5.41, 5.74) is -1.39. The van der Waals surface area contributed by atoms with Gasteiger partial charge in [-0.05, 0) is 23.8 Å². The van der Waals surface area contributed by atoms with E-state index in [4.69, 9.17) is 4.74 Å². The molecule has 140 valence electrons. The summed E-state index contributed by atoms with van der Waals surface area (Å²) in [6, 6.07) is 6.94. The second-order valence-electron chi connectivity index (χ2n) is 5.27. The molecule has 0 spiro atoms. The number of carbonyl (C=O) groups is 1. The Morgan fingerprint density at radius 1 is 1.15 bits per heavy atom. The van der Waals surface area contributed by atoms with Crippen molar-refractivity contribution in [2.24, 2.45) is 0 Å². The monoisotopic (exact) mass is 375 g/mol. The zero-order valence-electron chi connectivity index (χ0n) is 13.2. The molecule has 2 N–H and O–H groups in total. The minimum Gasteiger partial charge on any atom is -0.481 e. The van der Waals surface area contributed by atoms with E-state index in [1.54, 1.807) is 0 Å². The molecule has 0 fully saturated rings. The molecule has 0 saturated carbocycles. The topological polar surface area (TPSA) is 58.6 Å². The fourth-order valence-electron chi connectivity index (χ4n) is 2.15. The SMILES string of the molecule is O=C(COc1ccc(F)cc1F)NCC(O)c1ccccc1C(F)(F)F. The maximum absolute atomic E-state index is 13.3. The second kappa shape index (κ2) is 8.13. The van der Waals surface area contributed by atoms with Gasteiger partial charge in [0.1, 0.15) is 5.82 Å². The van der Waals surface area contributed by atoms with Crippen molar-refractivity contribution in [1.82, 2.24) is 5.32 Å². The largest absolute Gasteiger partial charge is 0.481 e. The molecular formula is C17H14F5NO3. The zero-order valence-corrected chi connectivity index (χ0v) is 13.2. The summed E-state index contributed by atoms with van der Waals surface area (Å²) >= 11 is 0. The predicted octanol–water partition coefficient (Wildman–Crippen LogP) is 3.21. The lowest BCUT2D eigenvalue weighted by molar-refractivity contribution is -0.139. The van der Waals surface area contributed by atoms with E-state index in [1.165, 1.54) is 12.1 Å². The molecule has 26 heavy (non-hydrogen) atoms. The van der Waals surface area contributed by atoms with Gasteiger partial charge in [0.25, 0.3) is 5.91 Å². The number of ether oxygens (including phenoxy) is 1. The average molecular weight is 375 g/mol. The average Bonchev–Trinajstić information content (AvgIpc) is 2.58. The summed E-state index contributed by atoms with van der Waals surface area (Å²) in [5, 5.41) is 12.1. The van der Waals surface area contributed by atoms with Crippen LogP contribution in [0.25, 0.3) is 0 Å². The summed E-state index contributed by atoms with van der Waals surface area (Å²) in [6.07, 6.45) is -6.25. The molecule has 0 radical (unpaired) electrons. The first-order valence-electron chi connectivity index (χ1n) is 7.37. The number of benzene rings is 2. The summed E-state index contributed by atoms with van der Waals surface area (Å²) < 4.78 is 69.7. The number of rotatable bonds is 6. The highest BCUT2D eigenvalue weighted by Crippen LogP contribution is 2.34. The standard InChI is InChI=1S/C17H14F5NO3/c18-10-5-6-15(13(19)7-10)26-9-16(25)23-8-14(24)11-3-1-2-4-12(11)17(20,21)22/h1-7,14,24H,8-9H2,(H,23,25). The number of aliphatic hydroxyl groups is 1. The van der Waals surface area contributed by atoms with E-state index in [-0.39, 0.29) is 11.3 Å². The van der Waals surface area contributed by atoms with Crippen LogP contribution in [0.15, 0.2) is 42.5 Å². The highest BCUT2D eigenvalue weighted by molar-refractivity contribution is 5.77. The zero-order chi connectivity index (χ0) is 19.3. The normalized spacial score (nSPS) is 12.5. The molecule has 1 amide bonds. The summed E-state index contributed by atoms with van der Waals surface area (Å²) in [5.74, 6) is -2.97. The Morgan fingerprint density at radius 3 is 2.50 bits per heavy atom. The minimum absolute atomic E-state index is 0.357. The van der Waals surface area contributed by atoms with Gasteiger partial charge in [0.2, 0.25) is 0 Å². The Hall–Kier alpha value is -2.68. The molecule has 0 aliphatic rings. The minimum atomic E-state index is -4.65. The first kappa shape index (κ1) is 19.6. The van der Waals surface area contributed by atoms with Crippen molar-refractivity contribution in [1.29, 1.82) is 0 Å². The molecule has 9 heteroatoms. The maximum Gasteiger partial charge on any atom is 0.416 e. The number of nitrogens with one attached hydrogen (secondary N) is 1. The van der Waals surface area contributed by atoms with Gasteiger partial charge in [-0.1, -0.05) is 18.2 Å².